The summed E-state index contributed by atoms with van der Waals surface area (Å²) in [5, 5.41) is 2.99. The van der Waals surface area contributed by atoms with Crippen molar-refractivity contribution < 1.29 is 18.0 Å². The molecule has 1 N–H and O–H groups in total. The largest absolute Gasteiger partial charge is 0.352 e. The summed E-state index contributed by atoms with van der Waals surface area (Å²) in [5.74, 6) is -0.775. The van der Waals surface area contributed by atoms with Crippen molar-refractivity contribution >= 4 is 27.5 Å². The molecule has 0 heterocycles. The van der Waals surface area contributed by atoms with Crippen LogP contribution < -0.4 is 9.62 Å². The molecule has 4 aromatic rings. The van der Waals surface area contributed by atoms with Gasteiger partial charge in [0.15, 0.2) is 0 Å². The minimum absolute atomic E-state index is 0.0884. The van der Waals surface area contributed by atoms with Crippen LogP contribution in [0, 0.1) is 27.7 Å². The third-order valence-corrected chi connectivity index (χ3v) is 9.64. The first-order valence-electron chi connectivity index (χ1n) is 15.2. The molecule has 0 saturated carbocycles. The van der Waals surface area contributed by atoms with Crippen LogP contribution in [0.4, 0.5) is 5.69 Å². The van der Waals surface area contributed by atoms with Crippen molar-refractivity contribution in [2.45, 2.75) is 71.5 Å². The predicted molar refractivity (Wildman–Crippen MR) is 181 cm³/mol. The lowest BCUT2D eigenvalue weighted by Gasteiger charge is -2.34. The molecule has 0 aliphatic rings. The molecule has 4 rings (SSSR count). The maximum absolute atomic E-state index is 14.6. The number of aryl methyl sites for hydroxylation is 3. The number of anilines is 1. The zero-order chi connectivity index (χ0) is 32.7. The SMILES string of the molecule is Cc1ccc(S(=O)(=O)N(CC(=O)N(Cc2cccc(C)c2)[C@H](Cc2ccccc2)C(=O)NC(C)C)c2cccc(C)c2C)cc1. The monoisotopic (exact) mass is 625 g/mol. The lowest BCUT2D eigenvalue weighted by Crippen LogP contribution is -2.54. The fourth-order valence-corrected chi connectivity index (χ4v) is 6.77. The van der Waals surface area contributed by atoms with Gasteiger partial charge in [0.2, 0.25) is 11.8 Å². The summed E-state index contributed by atoms with van der Waals surface area (Å²) >= 11 is 0. The molecule has 7 nitrogen and oxygen atoms in total. The molecule has 0 bridgehead atoms. The molecule has 0 saturated heterocycles. The quantitative estimate of drug-likeness (QED) is 0.201. The highest BCUT2D eigenvalue weighted by molar-refractivity contribution is 7.92. The van der Waals surface area contributed by atoms with E-state index >= 15 is 0 Å². The number of nitrogens with zero attached hydrogens (tertiary/aromatic N) is 2. The average molecular weight is 626 g/mol. The van der Waals surface area contributed by atoms with Crippen LogP contribution in [-0.4, -0.2) is 43.8 Å². The van der Waals surface area contributed by atoms with E-state index in [9.17, 15) is 18.0 Å². The zero-order valence-corrected chi connectivity index (χ0v) is 27.8. The molecule has 45 heavy (non-hydrogen) atoms. The van der Waals surface area contributed by atoms with E-state index in [2.05, 4.69) is 5.32 Å². The van der Waals surface area contributed by atoms with E-state index in [4.69, 9.17) is 0 Å². The van der Waals surface area contributed by atoms with Crippen LogP contribution in [0.2, 0.25) is 0 Å². The van der Waals surface area contributed by atoms with Crippen LogP contribution in [0.3, 0.4) is 0 Å². The van der Waals surface area contributed by atoms with E-state index in [1.165, 1.54) is 9.21 Å². The standard InChI is InChI=1S/C37H43N3O4S/c1-26(2)38-37(42)35(23-31-14-8-7-9-15-31)39(24-32-16-10-12-28(4)22-32)36(41)25-40(34-17-11-13-29(5)30(34)6)45(43,44)33-20-18-27(3)19-21-33/h7-22,26,35H,23-25H2,1-6H3,(H,38,42)/t35-/m1/s1. The van der Waals surface area contributed by atoms with Gasteiger partial charge in [-0.05, 0) is 82.0 Å². The maximum atomic E-state index is 14.6. The molecule has 0 aliphatic carbocycles. The molecule has 0 fully saturated rings. The van der Waals surface area contributed by atoms with Gasteiger partial charge in [0.25, 0.3) is 10.0 Å². The first-order chi connectivity index (χ1) is 21.4. The van der Waals surface area contributed by atoms with Crippen molar-refractivity contribution in [2.24, 2.45) is 0 Å². The third-order valence-electron chi connectivity index (χ3n) is 7.87. The Hall–Kier alpha value is -4.43. The van der Waals surface area contributed by atoms with Crippen LogP contribution in [0.25, 0.3) is 0 Å². The predicted octanol–water partition coefficient (Wildman–Crippen LogP) is 6.28. The number of hydrogen-bond donors (Lipinski definition) is 1. The fourth-order valence-electron chi connectivity index (χ4n) is 5.30. The summed E-state index contributed by atoms with van der Waals surface area (Å²) < 4.78 is 29.8. The molecule has 0 radical (unpaired) electrons. The van der Waals surface area contributed by atoms with E-state index in [1.807, 2.05) is 102 Å². The molecular weight excluding hydrogens is 582 g/mol. The molecule has 0 aromatic heterocycles. The summed E-state index contributed by atoms with van der Waals surface area (Å²) in [4.78, 5) is 30.1. The van der Waals surface area contributed by atoms with Crippen molar-refractivity contribution in [1.29, 1.82) is 0 Å². The number of sulfonamides is 1. The van der Waals surface area contributed by atoms with Gasteiger partial charge in [-0.3, -0.25) is 13.9 Å². The number of nitrogens with one attached hydrogen (secondary N) is 1. The molecule has 0 spiro atoms. The number of benzene rings is 4. The van der Waals surface area contributed by atoms with Crippen molar-refractivity contribution in [3.05, 3.63) is 130 Å². The summed E-state index contributed by atoms with van der Waals surface area (Å²) in [7, 11) is -4.16. The molecule has 0 unspecified atom stereocenters. The molecule has 1 atom stereocenters. The van der Waals surface area contributed by atoms with Gasteiger partial charge in [0.1, 0.15) is 12.6 Å². The van der Waals surface area contributed by atoms with Crippen molar-refractivity contribution in [1.82, 2.24) is 10.2 Å². The minimum atomic E-state index is -4.16. The van der Waals surface area contributed by atoms with Gasteiger partial charge < -0.3 is 10.2 Å². The van der Waals surface area contributed by atoms with Crippen LogP contribution in [-0.2, 0) is 32.6 Å². The van der Waals surface area contributed by atoms with Gasteiger partial charge in [-0.1, -0.05) is 90.0 Å². The highest BCUT2D eigenvalue weighted by Gasteiger charge is 2.35. The third kappa shape index (κ3) is 8.39. The first-order valence-corrected chi connectivity index (χ1v) is 16.7. The van der Waals surface area contributed by atoms with E-state index in [1.54, 1.807) is 36.4 Å². The van der Waals surface area contributed by atoms with Crippen LogP contribution >= 0.6 is 0 Å². The van der Waals surface area contributed by atoms with E-state index in [0.717, 1.165) is 33.4 Å². The average Bonchev–Trinajstić information content (AvgIpc) is 2.99. The molecule has 236 valence electrons. The Balaban J connectivity index is 1.84. The second-order valence-corrected chi connectivity index (χ2v) is 13.8. The molecule has 0 aliphatic heterocycles. The molecule has 2 amide bonds. The van der Waals surface area contributed by atoms with Gasteiger partial charge in [-0.25, -0.2) is 8.42 Å². The lowest BCUT2D eigenvalue weighted by atomic mass is 10.0. The van der Waals surface area contributed by atoms with Gasteiger partial charge in [-0.15, -0.1) is 0 Å². The van der Waals surface area contributed by atoms with Gasteiger partial charge in [0, 0.05) is 19.0 Å². The Labute approximate surface area is 268 Å². The summed E-state index contributed by atoms with van der Waals surface area (Å²) in [6, 6.07) is 28.3. The highest BCUT2D eigenvalue weighted by atomic mass is 32.2. The number of carbonyl (C=O) groups excluding carboxylic acids is 2. The van der Waals surface area contributed by atoms with Crippen LogP contribution in [0.1, 0.15) is 47.2 Å². The lowest BCUT2D eigenvalue weighted by molar-refractivity contribution is -0.140. The zero-order valence-electron chi connectivity index (χ0n) is 26.9. The van der Waals surface area contributed by atoms with E-state index in [0.29, 0.717) is 5.69 Å². The maximum Gasteiger partial charge on any atom is 0.264 e. The van der Waals surface area contributed by atoms with Gasteiger partial charge in [0.05, 0.1) is 10.6 Å². The van der Waals surface area contributed by atoms with Crippen LogP contribution in [0.15, 0.2) is 102 Å². The molecule has 8 heteroatoms. The molecule has 4 aromatic carbocycles. The number of hydrogen-bond acceptors (Lipinski definition) is 4. The Morgan fingerprint density at radius 2 is 1.40 bits per heavy atom. The number of rotatable bonds is 12. The summed E-state index contributed by atoms with van der Waals surface area (Å²) in [5.41, 5.74) is 5.76. The first kappa shape index (κ1) is 33.5. The molecular formula is C37H43N3O4S. The number of carbonyl (C=O) groups is 2. The fraction of sp³-hybridized carbons (Fsp3) is 0.297. The van der Waals surface area contributed by atoms with Gasteiger partial charge >= 0.3 is 0 Å². The van der Waals surface area contributed by atoms with E-state index in [-0.39, 0.29) is 29.8 Å². The smallest absolute Gasteiger partial charge is 0.264 e. The Morgan fingerprint density at radius 1 is 0.756 bits per heavy atom. The van der Waals surface area contributed by atoms with Crippen LogP contribution in [0.5, 0.6) is 0 Å². The van der Waals surface area contributed by atoms with E-state index < -0.39 is 28.5 Å². The number of amides is 2. The highest BCUT2D eigenvalue weighted by Crippen LogP contribution is 2.29. The summed E-state index contributed by atoms with van der Waals surface area (Å²) in [6.45, 7) is 11.0. The van der Waals surface area contributed by atoms with Crippen molar-refractivity contribution in [3.8, 4) is 0 Å². The Kier molecular flexibility index (Phi) is 10.8. The van der Waals surface area contributed by atoms with Crippen molar-refractivity contribution in [3.63, 3.8) is 0 Å². The normalized spacial score (nSPS) is 12.1. The van der Waals surface area contributed by atoms with Crippen molar-refractivity contribution in [2.75, 3.05) is 10.8 Å². The van der Waals surface area contributed by atoms with Gasteiger partial charge in [-0.2, -0.15) is 0 Å². The topological polar surface area (TPSA) is 86.8 Å². The second-order valence-electron chi connectivity index (χ2n) is 11.9. The Morgan fingerprint density at radius 3 is 2.04 bits per heavy atom. The summed E-state index contributed by atoms with van der Waals surface area (Å²) in [6.07, 6.45) is 0.269. The second kappa shape index (κ2) is 14.6. The minimum Gasteiger partial charge on any atom is -0.352 e. The Bertz CT molecular complexity index is 1740.